The van der Waals surface area contributed by atoms with Crippen molar-refractivity contribution in [2.45, 2.75) is 51.5 Å². The number of nitrogens with one attached hydrogen (secondary N) is 2. The van der Waals surface area contributed by atoms with Crippen molar-refractivity contribution in [3.05, 3.63) is 0 Å². The molecule has 2 N–H and O–H groups in total. The van der Waals surface area contributed by atoms with E-state index in [1.807, 2.05) is 0 Å². The van der Waals surface area contributed by atoms with Crippen molar-refractivity contribution in [3.8, 4) is 0 Å². The second-order valence-electron chi connectivity index (χ2n) is 5.62. The van der Waals surface area contributed by atoms with Gasteiger partial charge >= 0.3 is 0 Å². The van der Waals surface area contributed by atoms with E-state index in [4.69, 9.17) is 0 Å². The van der Waals surface area contributed by atoms with E-state index in [1.54, 1.807) is 0 Å². The second kappa shape index (κ2) is 4.84. The Morgan fingerprint density at radius 1 is 1.13 bits per heavy atom. The first-order chi connectivity index (χ1) is 7.26. The van der Waals surface area contributed by atoms with Crippen LogP contribution in [0.4, 0.5) is 0 Å². The molecule has 15 heavy (non-hydrogen) atoms. The Bertz CT molecular complexity index is 189. The summed E-state index contributed by atoms with van der Waals surface area (Å²) in [4.78, 5) is 0. The van der Waals surface area contributed by atoms with Crippen LogP contribution < -0.4 is 10.6 Å². The third kappa shape index (κ3) is 2.21. The second-order valence-corrected chi connectivity index (χ2v) is 5.62. The minimum atomic E-state index is 0.436. The van der Waals surface area contributed by atoms with E-state index in [1.165, 1.54) is 51.7 Å². The molecule has 0 spiro atoms. The fourth-order valence-electron chi connectivity index (χ4n) is 3.56. The molecule has 2 aliphatic rings. The SMILES string of the molecule is CC(C)C1(C2CCCNC2)CCCCN1. The van der Waals surface area contributed by atoms with Crippen molar-refractivity contribution in [1.29, 1.82) is 0 Å². The molecule has 0 aromatic heterocycles. The van der Waals surface area contributed by atoms with Gasteiger partial charge in [-0.1, -0.05) is 20.3 Å². The molecule has 0 bridgehead atoms. The van der Waals surface area contributed by atoms with Gasteiger partial charge in [0.25, 0.3) is 0 Å². The first kappa shape index (κ1) is 11.4. The molecular weight excluding hydrogens is 184 g/mol. The van der Waals surface area contributed by atoms with Gasteiger partial charge in [-0.05, 0) is 57.2 Å². The lowest BCUT2D eigenvalue weighted by atomic mass is 9.68. The Hall–Kier alpha value is -0.0800. The lowest BCUT2D eigenvalue weighted by Gasteiger charge is -2.49. The molecule has 2 heteroatoms. The van der Waals surface area contributed by atoms with Gasteiger partial charge < -0.3 is 10.6 Å². The van der Waals surface area contributed by atoms with Gasteiger partial charge in [-0.3, -0.25) is 0 Å². The fraction of sp³-hybridized carbons (Fsp3) is 1.00. The monoisotopic (exact) mass is 210 g/mol. The van der Waals surface area contributed by atoms with Crippen LogP contribution in [0.5, 0.6) is 0 Å². The Kier molecular flexibility index (Phi) is 3.68. The van der Waals surface area contributed by atoms with Crippen LogP contribution in [0.15, 0.2) is 0 Å². The van der Waals surface area contributed by atoms with E-state index in [9.17, 15) is 0 Å². The van der Waals surface area contributed by atoms with Crippen molar-refractivity contribution in [2.75, 3.05) is 19.6 Å². The highest BCUT2D eigenvalue weighted by molar-refractivity contribution is 5.00. The lowest BCUT2D eigenvalue weighted by Crippen LogP contribution is -2.60. The van der Waals surface area contributed by atoms with Gasteiger partial charge in [0, 0.05) is 5.54 Å². The van der Waals surface area contributed by atoms with E-state index in [-0.39, 0.29) is 0 Å². The molecule has 0 aromatic carbocycles. The van der Waals surface area contributed by atoms with Gasteiger partial charge in [-0.15, -0.1) is 0 Å². The zero-order valence-electron chi connectivity index (χ0n) is 10.3. The molecule has 2 heterocycles. The molecule has 2 saturated heterocycles. The summed E-state index contributed by atoms with van der Waals surface area (Å²) in [5, 5.41) is 7.43. The molecule has 0 aliphatic carbocycles. The van der Waals surface area contributed by atoms with Crippen LogP contribution >= 0.6 is 0 Å². The predicted octanol–water partition coefficient (Wildman–Crippen LogP) is 2.15. The van der Waals surface area contributed by atoms with Gasteiger partial charge in [0.1, 0.15) is 0 Å². The topological polar surface area (TPSA) is 24.1 Å². The maximum absolute atomic E-state index is 3.86. The van der Waals surface area contributed by atoms with E-state index >= 15 is 0 Å². The average molecular weight is 210 g/mol. The smallest absolute Gasteiger partial charge is 0.0244 e. The van der Waals surface area contributed by atoms with Crippen molar-refractivity contribution in [1.82, 2.24) is 10.6 Å². The van der Waals surface area contributed by atoms with Gasteiger partial charge in [0.2, 0.25) is 0 Å². The Morgan fingerprint density at radius 2 is 2.00 bits per heavy atom. The van der Waals surface area contributed by atoms with Gasteiger partial charge in [0.05, 0.1) is 0 Å². The van der Waals surface area contributed by atoms with Crippen LogP contribution in [0.1, 0.15) is 46.0 Å². The van der Waals surface area contributed by atoms with Gasteiger partial charge in [-0.2, -0.15) is 0 Å². The van der Waals surface area contributed by atoms with E-state index in [2.05, 4.69) is 24.5 Å². The van der Waals surface area contributed by atoms with E-state index in [0.29, 0.717) is 5.54 Å². The highest BCUT2D eigenvalue weighted by Crippen LogP contribution is 2.37. The number of rotatable bonds is 2. The number of hydrogen-bond donors (Lipinski definition) is 2. The van der Waals surface area contributed by atoms with Gasteiger partial charge in [-0.25, -0.2) is 0 Å². The minimum Gasteiger partial charge on any atom is -0.316 e. The van der Waals surface area contributed by atoms with E-state index in [0.717, 1.165) is 11.8 Å². The fourth-order valence-corrected chi connectivity index (χ4v) is 3.56. The summed E-state index contributed by atoms with van der Waals surface area (Å²) < 4.78 is 0. The summed E-state index contributed by atoms with van der Waals surface area (Å²) in [6.45, 7) is 8.48. The Balaban J connectivity index is 2.09. The maximum atomic E-state index is 3.86. The molecule has 2 rings (SSSR count). The third-order valence-electron chi connectivity index (χ3n) is 4.53. The average Bonchev–Trinajstić information content (AvgIpc) is 2.31. The zero-order chi connectivity index (χ0) is 10.7. The molecule has 0 amide bonds. The standard InChI is InChI=1S/C13H26N2/c1-11(2)13(7-3-4-9-15-13)12-6-5-8-14-10-12/h11-12,14-15H,3-10H2,1-2H3. The summed E-state index contributed by atoms with van der Waals surface area (Å²) in [5.74, 6) is 1.62. The van der Waals surface area contributed by atoms with Crippen LogP contribution in [0.25, 0.3) is 0 Å². The normalized spacial score (nSPS) is 38.2. The lowest BCUT2D eigenvalue weighted by molar-refractivity contribution is 0.0865. The van der Waals surface area contributed by atoms with Crippen molar-refractivity contribution in [3.63, 3.8) is 0 Å². The first-order valence-corrected chi connectivity index (χ1v) is 6.71. The molecule has 2 unspecified atom stereocenters. The highest BCUT2D eigenvalue weighted by Gasteiger charge is 2.42. The number of piperidine rings is 2. The molecule has 0 aromatic rings. The molecule has 2 nitrogen and oxygen atoms in total. The molecular formula is C13H26N2. The summed E-state index contributed by atoms with van der Waals surface area (Å²) in [6.07, 6.45) is 6.95. The predicted molar refractivity (Wildman–Crippen MR) is 65.0 cm³/mol. The maximum Gasteiger partial charge on any atom is 0.0244 e. The Morgan fingerprint density at radius 3 is 2.53 bits per heavy atom. The molecule has 0 saturated carbocycles. The summed E-state index contributed by atoms with van der Waals surface area (Å²) in [6, 6.07) is 0. The molecule has 2 fully saturated rings. The molecule has 0 radical (unpaired) electrons. The number of hydrogen-bond acceptors (Lipinski definition) is 2. The van der Waals surface area contributed by atoms with Crippen molar-refractivity contribution in [2.24, 2.45) is 11.8 Å². The van der Waals surface area contributed by atoms with Crippen LogP contribution in [-0.2, 0) is 0 Å². The van der Waals surface area contributed by atoms with Crippen molar-refractivity contribution < 1.29 is 0 Å². The van der Waals surface area contributed by atoms with Crippen LogP contribution in [-0.4, -0.2) is 25.2 Å². The van der Waals surface area contributed by atoms with E-state index < -0.39 is 0 Å². The quantitative estimate of drug-likeness (QED) is 0.730. The van der Waals surface area contributed by atoms with Crippen LogP contribution in [0, 0.1) is 11.8 Å². The van der Waals surface area contributed by atoms with Crippen LogP contribution in [0.2, 0.25) is 0 Å². The third-order valence-corrected chi connectivity index (χ3v) is 4.53. The molecule has 2 aliphatic heterocycles. The minimum absolute atomic E-state index is 0.436. The summed E-state index contributed by atoms with van der Waals surface area (Å²) in [7, 11) is 0. The van der Waals surface area contributed by atoms with Crippen molar-refractivity contribution >= 4 is 0 Å². The zero-order valence-corrected chi connectivity index (χ0v) is 10.3. The largest absolute Gasteiger partial charge is 0.316 e. The molecule has 2 atom stereocenters. The summed E-state index contributed by atoms with van der Waals surface area (Å²) in [5.41, 5.74) is 0.436. The van der Waals surface area contributed by atoms with Crippen LogP contribution in [0.3, 0.4) is 0 Å². The first-order valence-electron chi connectivity index (χ1n) is 6.71. The highest BCUT2D eigenvalue weighted by atomic mass is 15.0. The summed E-state index contributed by atoms with van der Waals surface area (Å²) >= 11 is 0. The Labute approximate surface area is 94.2 Å². The van der Waals surface area contributed by atoms with Gasteiger partial charge in [0.15, 0.2) is 0 Å². The molecule has 88 valence electrons.